The first-order valence-corrected chi connectivity index (χ1v) is 8.38. The minimum absolute atomic E-state index is 0.0923. The van der Waals surface area contributed by atoms with E-state index in [0.717, 1.165) is 11.8 Å². The van der Waals surface area contributed by atoms with E-state index in [1.165, 1.54) is 10.9 Å². The number of fused-ring (bicyclic) bond motifs is 1. The van der Waals surface area contributed by atoms with E-state index in [0.29, 0.717) is 5.16 Å². The topological polar surface area (TPSA) is 177 Å². The van der Waals surface area contributed by atoms with Crippen molar-refractivity contribution in [2.75, 3.05) is 18.1 Å². The van der Waals surface area contributed by atoms with Gasteiger partial charge in [-0.05, 0) is 0 Å². The van der Waals surface area contributed by atoms with E-state index in [9.17, 15) is 20.1 Å². The van der Waals surface area contributed by atoms with Crippen LogP contribution in [0.3, 0.4) is 0 Å². The average Bonchev–Trinajstić information content (AvgIpc) is 3.07. The highest BCUT2D eigenvalue weighted by molar-refractivity contribution is 7.99. The maximum absolute atomic E-state index is 10.7. The van der Waals surface area contributed by atoms with Crippen molar-refractivity contribution < 1.29 is 30.0 Å². The van der Waals surface area contributed by atoms with Crippen LogP contribution < -0.4 is 5.73 Å². The van der Waals surface area contributed by atoms with Gasteiger partial charge < -0.3 is 30.9 Å². The number of aliphatic hydroxyl groups excluding tert-OH is 3. The molecule has 0 radical (unpaired) electrons. The smallest absolute Gasteiger partial charge is 0.304 e. The fourth-order valence-corrected chi connectivity index (χ4v) is 3.50. The van der Waals surface area contributed by atoms with Crippen molar-refractivity contribution in [3.8, 4) is 0 Å². The first-order chi connectivity index (χ1) is 11.9. The number of anilines is 1. The monoisotopic (exact) mass is 371 g/mol. The number of aliphatic carboxylic acids is 1. The summed E-state index contributed by atoms with van der Waals surface area (Å²) in [6.07, 6.45) is -3.51. The predicted molar refractivity (Wildman–Crippen MR) is 85.7 cm³/mol. The molecule has 2 aromatic heterocycles. The number of ether oxygens (including phenoxy) is 1. The van der Waals surface area contributed by atoms with Crippen molar-refractivity contribution in [2.24, 2.45) is 0 Å². The molecule has 1 fully saturated rings. The Balaban J connectivity index is 2.02. The molecule has 0 unspecified atom stereocenters. The number of nitrogen functional groups attached to an aromatic ring is 1. The lowest BCUT2D eigenvalue weighted by molar-refractivity contribution is -0.136. The van der Waals surface area contributed by atoms with Crippen LogP contribution in [-0.4, -0.2) is 76.6 Å². The number of hydrogen-bond donors (Lipinski definition) is 5. The largest absolute Gasteiger partial charge is 0.481 e. The van der Waals surface area contributed by atoms with Crippen molar-refractivity contribution in [1.29, 1.82) is 0 Å². The molecule has 11 nitrogen and oxygen atoms in total. The van der Waals surface area contributed by atoms with Crippen LogP contribution in [0.5, 0.6) is 0 Å². The van der Waals surface area contributed by atoms with Gasteiger partial charge in [0.25, 0.3) is 0 Å². The van der Waals surface area contributed by atoms with Gasteiger partial charge in [-0.15, -0.1) is 0 Å². The molecule has 3 rings (SSSR count). The van der Waals surface area contributed by atoms with Gasteiger partial charge in [-0.2, -0.15) is 0 Å². The van der Waals surface area contributed by atoms with E-state index in [1.54, 1.807) is 0 Å². The van der Waals surface area contributed by atoms with E-state index in [1.807, 2.05) is 0 Å². The van der Waals surface area contributed by atoms with Gasteiger partial charge >= 0.3 is 5.97 Å². The third kappa shape index (κ3) is 3.26. The van der Waals surface area contributed by atoms with E-state index in [-0.39, 0.29) is 29.2 Å². The lowest BCUT2D eigenvalue weighted by atomic mass is 10.1. The summed E-state index contributed by atoms with van der Waals surface area (Å²) in [7, 11) is 0. The normalized spacial score (nSPS) is 26.4. The van der Waals surface area contributed by atoms with Gasteiger partial charge in [-0.3, -0.25) is 9.36 Å². The molecule has 0 aliphatic carbocycles. The van der Waals surface area contributed by atoms with Crippen molar-refractivity contribution in [1.82, 2.24) is 19.5 Å². The maximum Gasteiger partial charge on any atom is 0.304 e. The van der Waals surface area contributed by atoms with Crippen LogP contribution in [0.1, 0.15) is 12.6 Å². The van der Waals surface area contributed by atoms with E-state index < -0.39 is 37.1 Å². The van der Waals surface area contributed by atoms with Crippen LogP contribution >= 0.6 is 11.8 Å². The Hall–Kier alpha value is -1.99. The van der Waals surface area contributed by atoms with Crippen molar-refractivity contribution >= 4 is 34.7 Å². The molecular formula is C13H17N5O6S. The van der Waals surface area contributed by atoms with Gasteiger partial charge in [0.15, 0.2) is 28.4 Å². The number of carboxylic acids is 1. The molecule has 1 aliphatic rings. The molecule has 0 aromatic carbocycles. The zero-order chi connectivity index (χ0) is 18.1. The lowest BCUT2D eigenvalue weighted by Gasteiger charge is -2.18. The molecule has 0 bridgehead atoms. The van der Waals surface area contributed by atoms with E-state index in [2.05, 4.69) is 15.0 Å². The number of aromatic nitrogens is 4. The molecule has 12 heteroatoms. The summed E-state index contributed by atoms with van der Waals surface area (Å²) < 4.78 is 6.97. The van der Waals surface area contributed by atoms with Gasteiger partial charge in [0.2, 0.25) is 0 Å². The molecule has 0 spiro atoms. The van der Waals surface area contributed by atoms with Crippen LogP contribution in [0, 0.1) is 0 Å². The van der Waals surface area contributed by atoms with Crippen molar-refractivity contribution in [3.05, 3.63) is 6.33 Å². The zero-order valence-corrected chi connectivity index (χ0v) is 13.7. The summed E-state index contributed by atoms with van der Waals surface area (Å²) in [4.78, 5) is 23.0. The third-order valence-electron chi connectivity index (χ3n) is 3.79. The number of imidazole rings is 1. The van der Waals surface area contributed by atoms with E-state index >= 15 is 0 Å². The van der Waals surface area contributed by atoms with Crippen molar-refractivity contribution in [2.45, 2.75) is 36.1 Å². The summed E-state index contributed by atoms with van der Waals surface area (Å²) in [6, 6.07) is 0. The summed E-state index contributed by atoms with van der Waals surface area (Å²) in [5.74, 6) is -0.612. The fraction of sp³-hybridized carbons (Fsp3) is 0.538. The average molecular weight is 371 g/mol. The van der Waals surface area contributed by atoms with Crippen LogP contribution in [0.2, 0.25) is 0 Å². The second kappa shape index (κ2) is 7.09. The number of carboxylic acid groups (broad SMARTS) is 1. The Morgan fingerprint density at radius 1 is 1.36 bits per heavy atom. The first-order valence-electron chi connectivity index (χ1n) is 7.39. The highest BCUT2D eigenvalue weighted by atomic mass is 32.2. The molecule has 4 atom stereocenters. The summed E-state index contributed by atoms with van der Waals surface area (Å²) in [6.45, 7) is -0.472. The number of rotatable bonds is 6. The quantitative estimate of drug-likeness (QED) is 0.377. The summed E-state index contributed by atoms with van der Waals surface area (Å²) in [5.41, 5.74) is 6.36. The Kier molecular flexibility index (Phi) is 5.06. The minimum atomic E-state index is -1.33. The Labute approximate surface area is 145 Å². The highest BCUT2D eigenvalue weighted by Crippen LogP contribution is 2.36. The number of nitrogens with zero attached hydrogens (tertiary/aromatic N) is 4. The molecule has 0 amide bonds. The molecule has 3 heterocycles. The number of thioether (sulfide) groups is 1. The molecule has 25 heavy (non-hydrogen) atoms. The summed E-state index contributed by atoms with van der Waals surface area (Å²) >= 11 is 1.12. The van der Waals surface area contributed by atoms with Crippen LogP contribution in [0.25, 0.3) is 11.2 Å². The van der Waals surface area contributed by atoms with Gasteiger partial charge in [-0.1, -0.05) is 11.8 Å². The molecular weight excluding hydrogens is 354 g/mol. The fourth-order valence-electron chi connectivity index (χ4n) is 2.56. The minimum Gasteiger partial charge on any atom is -0.481 e. The van der Waals surface area contributed by atoms with E-state index in [4.69, 9.17) is 15.6 Å². The van der Waals surface area contributed by atoms with Crippen LogP contribution in [-0.2, 0) is 9.53 Å². The standard InChI is InChI=1S/C13H17N5O6S/c14-10-7-11(16-4-15-10)18(13(17-7)25-2-1-6(20)21)12-9(23)8(22)5(3-19)24-12/h4-5,8-9,12,19,22-23H,1-3H2,(H,20,21)(H2,14,15,16)/t5-,8-,9-,12-/m1/s1. The van der Waals surface area contributed by atoms with Crippen LogP contribution in [0.4, 0.5) is 5.82 Å². The number of aliphatic hydroxyl groups is 3. The first kappa shape index (κ1) is 17.8. The number of carbonyl (C=O) groups is 1. The van der Waals surface area contributed by atoms with Gasteiger partial charge in [-0.25, -0.2) is 15.0 Å². The highest BCUT2D eigenvalue weighted by Gasteiger charge is 2.45. The third-order valence-corrected chi connectivity index (χ3v) is 4.75. The van der Waals surface area contributed by atoms with Gasteiger partial charge in [0.05, 0.1) is 13.0 Å². The van der Waals surface area contributed by atoms with Crippen molar-refractivity contribution in [3.63, 3.8) is 0 Å². The molecule has 1 aliphatic heterocycles. The number of nitrogens with two attached hydrogens (primary N) is 1. The Morgan fingerprint density at radius 3 is 2.76 bits per heavy atom. The molecule has 136 valence electrons. The zero-order valence-electron chi connectivity index (χ0n) is 12.9. The number of hydrogen-bond acceptors (Lipinski definition) is 10. The van der Waals surface area contributed by atoms with Gasteiger partial charge in [0.1, 0.15) is 24.6 Å². The molecule has 6 N–H and O–H groups in total. The molecule has 0 saturated carbocycles. The van der Waals surface area contributed by atoms with Crippen LogP contribution in [0.15, 0.2) is 11.5 Å². The maximum atomic E-state index is 10.7. The Bertz CT molecular complexity index is 786. The molecule has 2 aromatic rings. The SMILES string of the molecule is Nc1ncnc2c1nc(SCCC(=O)O)n2[C@@H]1O[C@H](CO)[C@@H](O)[C@H]1O. The molecule has 1 saturated heterocycles. The second-order valence-electron chi connectivity index (χ2n) is 5.42. The Morgan fingerprint density at radius 2 is 2.12 bits per heavy atom. The van der Waals surface area contributed by atoms with Gasteiger partial charge in [0, 0.05) is 5.75 Å². The second-order valence-corrected chi connectivity index (χ2v) is 6.48. The summed E-state index contributed by atoms with van der Waals surface area (Å²) in [5, 5.41) is 38.6. The lowest BCUT2D eigenvalue weighted by Crippen LogP contribution is -2.33. The predicted octanol–water partition coefficient (Wildman–Crippen LogP) is -1.41.